The van der Waals surface area contributed by atoms with Crippen molar-refractivity contribution in [3.8, 4) is 0 Å². The van der Waals surface area contributed by atoms with Crippen LogP contribution < -0.4 is 15.4 Å². The average Bonchev–Trinajstić information content (AvgIpc) is 2.55. The van der Waals surface area contributed by atoms with Gasteiger partial charge < -0.3 is 10.6 Å². The predicted octanol–water partition coefficient (Wildman–Crippen LogP) is 2.67. The lowest BCUT2D eigenvalue weighted by Crippen LogP contribution is -2.30. The minimum atomic E-state index is -3.77. The number of carbonyl (C=O) groups excluding carboxylic acids is 1. The fourth-order valence-electron chi connectivity index (χ4n) is 3.06. The van der Waals surface area contributed by atoms with Crippen molar-refractivity contribution in [2.24, 2.45) is 0 Å². The molecule has 6 nitrogen and oxygen atoms in total. The third-order valence-corrected chi connectivity index (χ3v) is 5.95. The Bertz CT molecular complexity index is 930. The predicted molar refractivity (Wildman–Crippen MR) is 109 cm³/mol. The number of anilines is 1. The largest absolute Gasteiger partial charge is 0.351 e. The first kappa shape index (κ1) is 20.9. The molecular formula is C20H27N3O3S. The first-order valence-corrected chi connectivity index (χ1v) is 10.3. The van der Waals surface area contributed by atoms with E-state index in [1.807, 2.05) is 19.1 Å². The van der Waals surface area contributed by atoms with E-state index in [-0.39, 0.29) is 10.8 Å². The summed E-state index contributed by atoms with van der Waals surface area (Å²) in [6, 6.07) is 8.68. The van der Waals surface area contributed by atoms with Crippen LogP contribution in [-0.4, -0.2) is 34.5 Å². The molecule has 1 amide bonds. The van der Waals surface area contributed by atoms with Crippen LogP contribution in [0.3, 0.4) is 0 Å². The fourth-order valence-corrected chi connectivity index (χ4v) is 4.64. The Morgan fingerprint density at radius 3 is 2.15 bits per heavy atom. The summed E-state index contributed by atoms with van der Waals surface area (Å²) in [5, 5.41) is 5.74. The van der Waals surface area contributed by atoms with Gasteiger partial charge in [0.1, 0.15) is 0 Å². The van der Waals surface area contributed by atoms with Crippen LogP contribution in [0, 0.1) is 27.7 Å². The topological polar surface area (TPSA) is 87.3 Å². The molecule has 0 aliphatic carbocycles. The van der Waals surface area contributed by atoms with E-state index in [2.05, 4.69) is 15.4 Å². The van der Waals surface area contributed by atoms with E-state index in [1.54, 1.807) is 46.0 Å². The molecule has 0 fully saturated rings. The molecule has 27 heavy (non-hydrogen) atoms. The lowest BCUT2D eigenvalue weighted by Gasteiger charge is -2.16. The van der Waals surface area contributed by atoms with Gasteiger partial charge in [-0.05, 0) is 63.6 Å². The molecule has 2 aromatic rings. The molecule has 0 radical (unpaired) electrons. The molecule has 0 heterocycles. The second-order valence-corrected chi connectivity index (χ2v) is 8.34. The van der Waals surface area contributed by atoms with Crippen LogP contribution >= 0.6 is 0 Å². The van der Waals surface area contributed by atoms with Crippen LogP contribution in [0.25, 0.3) is 0 Å². The van der Waals surface area contributed by atoms with Gasteiger partial charge >= 0.3 is 0 Å². The zero-order valence-electron chi connectivity index (χ0n) is 16.4. The van der Waals surface area contributed by atoms with Gasteiger partial charge in [-0.25, -0.2) is 8.42 Å². The summed E-state index contributed by atoms with van der Waals surface area (Å²) in [6.07, 6.45) is 0. The molecule has 146 valence electrons. The quantitative estimate of drug-likeness (QED) is 0.636. The Kier molecular flexibility index (Phi) is 6.62. The number of nitrogens with one attached hydrogen (secondary N) is 3. The summed E-state index contributed by atoms with van der Waals surface area (Å²) < 4.78 is 28.6. The molecule has 0 aromatic heterocycles. The summed E-state index contributed by atoms with van der Waals surface area (Å²) in [5.74, 6) is -0.242. The van der Waals surface area contributed by atoms with Gasteiger partial charge in [-0.15, -0.1) is 0 Å². The normalized spacial score (nSPS) is 11.3. The highest BCUT2D eigenvalue weighted by Crippen LogP contribution is 2.26. The van der Waals surface area contributed by atoms with Crippen molar-refractivity contribution in [2.75, 3.05) is 24.9 Å². The Morgan fingerprint density at radius 1 is 0.926 bits per heavy atom. The maximum atomic E-state index is 13.0. The van der Waals surface area contributed by atoms with Crippen LogP contribution in [0.5, 0.6) is 0 Å². The summed E-state index contributed by atoms with van der Waals surface area (Å²) in [4.78, 5) is 12.5. The highest BCUT2D eigenvalue weighted by Gasteiger charge is 2.21. The van der Waals surface area contributed by atoms with Gasteiger partial charge in [0.15, 0.2) is 0 Å². The van der Waals surface area contributed by atoms with E-state index in [1.165, 1.54) is 0 Å². The SMILES string of the molecule is CNCCNC(=O)c1ccc(C)c(NS(=O)(=O)c2c(C)cc(C)cc2C)c1. The lowest BCUT2D eigenvalue weighted by atomic mass is 10.1. The van der Waals surface area contributed by atoms with Crippen molar-refractivity contribution in [1.82, 2.24) is 10.6 Å². The van der Waals surface area contributed by atoms with Gasteiger partial charge in [-0.1, -0.05) is 23.8 Å². The van der Waals surface area contributed by atoms with E-state index in [0.29, 0.717) is 35.5 Å². The number of hydrogen-bond donors (Lipinski definition) is 3. The second-order valence-electron chi connectivity index (χ2n) is 6.72. The number of aryl methyl sites for hydroxylation is 4. The zero-order chi connectivity index (χ0) is 20.2. The minimum Gasteiger partial charge on any atom is -0.351 e. The molecular weight excluding hydrogens is 362 g/mol. The summed E-state index contributed by atoms with van der Waals surface area (Å²) in [7, 11) is -1.96. The van der Waals surface area contributed by atoms with Crippen LogP contribution in [0.2, 0.25) is 0 Å². The molecule has 2 rings (SSSR count). The number of likely N-dealkylation sites (N-methyl/N-ethyl adjacent to an activating group) is 1. The molecule has 0 saturated heterocycles. The van der Waals surface area contributed by atoms with Gasteiger partial charge in [0.25, 0.3) is 15.9 Å². The standard InChI is InChI=1S/C20H27N3O3S/c1-13-10-15(3)19(16(4)11-13)27(25,26)23-18-12-17(7-6-14(18)2)20(24)22-9-8-21-5/h6-7,10-12,21,23H,8-9H2,1-5H3,(H,22,24). The molecule has 7 heteroatoms. The molecule has 0 aliphatic rings. The number of rotatable bonds is 7. The first-order valence-electron chi connectivity index (χ1n) is 8.80. The highest BCUT2D eigenvalue weighted by molar-refractivity contribution is 7.92. The van der Waals surface area contributed by atoms with Crippen molar-refractivity contribution in [3.63, 3.8) is 0 Å². The Labute approximate surface area is 161 Å². The number of sulfonamides is 1. The lowest BCUT2D eigenvalue weighted by molar-refractivity contribution is 0.0954. The fraction of sp³-hybridized carbons (Fsp3) is 0.350. The monoisotopic (exact) mass is 389 g/mol. The van der Waals surface area contributed by atoms with Gasteiger partial charge in [0.2, 0.25) is 0 Å². The molecule has 0 aliphatic heterocycles. The van der Waals surface area contributed by atoms with Crippen molar-refractivity contribution in [1.29, 1.82) is 0 Å². The number of benzene rings is 2. The van der Waals surface area contributed by atoms with Crippen LogP contribution in [-0.2, 0) is 10.0 Å². The Morgan fingerprint density at radius 2 is 1.56 bits per heavy atom. The average molecular weight is 390 g/mol. The molecule has 2 aromatic carbocycles. The zero-order valence-corrected chi connectivity index (χ0v) is 17.3. The van der Waals surface area contributed by atoms with E-state index in [9.17, 15) is 13.2 Å². The number of hydrogen-bond acceptors (Lipinski definition) is 4. The molecule has 0 saturated carbocycles. The van der Waals surface area contributed by atoms with Gasteiger partial charge in [0, 0.05) is 18.7 Å². The van der Waals surface area contributed by atoms with Crippen LogP contribution in [0.4, 0.5) is 5.69 Å². The minimum absolute atomic E-state index is 0.242. The van der Waals surface area contributed by atoms with E-state index >= 15 is 0 Å². The molecule has 3 N–H and O–H groups in total. The van der Waals surface area contributed by atoms with Crippen LogP contribution in [0.1, 0.15) is 32.6 Å². The number of amides is 1. The van der Waals surface area contributed by atoms with Gasteiger partial charge in [0.05, 0.1) is 10.6 Å². The third-order valence-electron chi connectivity index (χ3n) is 4.28. The molecule has 0 bridgehead atoms. The van der Waals surface area contributed by atoms with Gasteiger partial charge in [-0.3, -0.25) is 9.52 Å². The Hall–Kier alpha value is -2.38. The highest BCUT2D eigenvalue weighted by atomic mass is 32.2. The molecule has 0 spiro atoms. The molecule has 0 unspecified atom stereocenters. The van der Waals surface area contributed by atoms with Crippen molar-refractivity contribution >= 4 is 21.6 Å². The van der Waals surface area contributed by atoms with Crippen LogP contribution in [0.15, 0.2) is 35.2 Å². The summed E-state index contributed by atoms with van der Waals surface area (Å²) in [5.41, 5.74) is 3.95. The van der Waals surface area contributed by atoms with E-state index < -0.39 is 10.0 Å². The maximum absolute atomic E-state index is 13.0. The first-order chi connectivity index (χ1) is 12.7. The summed E-state index contributed by atoms with van der Waals surface area (Å²) in [6.45, 7) is 8.45. The maximum Gasteiger partial charge on any atom is 0.262 e. The Balaban J connectivity index is 2.34. The number of carbonyl (C=O) groups is 1. The van der Waals surface area contributed by atoms with E-state index in [4.69, 9.17) is 0 Å². The van der Waals surface area contributed by atoms with Crippen molar-refractivity contribution < 1.29 is 13.2 Å². The second kappa shape index (κ2) is 8.54. The van der Waals surface area contributed by atoms with Gasteiger partial charge in [-0.2, -0.15) is 0 Å². The van der Waals surface area contributed by atoms with E-state index in [0.717, 1.165) is 11.1 Å². The summed E-state index contributed by atoms with van der Waals surface area (Å²) >= 11 is 0. The van der Waals surface area contributed by atoms with Crippen molar-refractivity contribution in [2.45, 2.75) is 32.6 Å². The molecule has 0 atom stereocenters. The third kappa shape index (κ3) is 5.08. The smallest absolute Gasteiger partial charge is 0.262 e. The van der Waals surface area contributed by atoms with Crippen molar-refractivity contribution in [3.05, 3.63) is 58.1 Å².